The van der Waals surface area contributed by atoms with Crippen molar-refractivity contribution < 1.29 is 0 Å². The highest BCUT2D eigenvalue weighted by molar-refractivity contribution is 7.15. The van der Waals surface area contributed by atoms with Crippen LogP contribution in [0.2, 0.25) is 5.02 Å². The molecular weight excluding hydrogens is 240 g/mol. The Morgan fingerprint density at radius 3 is 3.00 bits per heavy atom. The van der Waals surface area contributed by atoms with E-state index in [2.05, 4.69) is 4.98 Å². The predicted molar refractivity (Wildman–Crippen MR) is 69.9 cm³/mol. The Bertz CT molecular complexity index is 479. The first kappa shape index (κ1) is 11.6. The standard InChI is InChI=1S/C12H13ClN2S/c1-8(14)5-11-7-15-12(16-11)9-3-2-4-10(13)6-9/h2-4,6-8H,5,14H2,1H3. The van der Waals surface area contributed by atoms with Gasteiger partial charge in [-0.25, -0.2) is 4.98 Å². The monoisotopic (exact) mass is 252 g/mol. The third kappa shape index (κ3) is 2.82. The Hall–Kier alpha value is -0.900. The Labute approximate surface area is 104 Å². The topological polar surface area (TPSA) is 38.9 Å². The van der Waals surface area contributed by atoms with E-state index >= 15 is 0 Å². The number of rotatable bonds is 3. The number of nitrogens with zero attached hydrogens (tertiary/aromatic N) is 1. The molecule has 84 valence electrons. The van der Waals surface area contributed by atoms with Crippen molar-refractivity contribution in [1.82, 2.24) is 4.98 Å². The lowest BCUT2D eigenvalue weighted by Gasteiger charge is -1.99. The molecule has 0 amide bonds. The van der Waals surface area contributed by atoms with Crippen LogP contribution in [0.3, 0.4) is 0 Å². The molecule has 2 nitrogen and oxygen atoms in total. The molecule has 4 heteroatoms. The lowest BCUT2D eigenvalue weighted by Crippen LogP contribution is -2.16. The van der Waals surface area contributed by atoms with E-state index in [1.807, 2.05) is 37.4 Å². The van der Waals surface area contributed by atoms with Crippen LogP contribution in [0.25, 0.3) is 10.6 Å². The van der Waals surface area contributed by atoms with Gasteiger partial charge in [0.1, 0.15) is 5.01 Å². The molecule has 0 aliphatic rings. The van der Waals surface area contributed by atoms with Gasteiger partial charge in [0.15, 0.2) is 0 Å². The molecule has 0 aliphatic heterocycles. The summed E-state index contributed by atoms with van der Waals surface area (Å²) in [7, 11) is 0. The average molecular weight is 253 g/mol. The maximum Gasteiger partial charge on any atom is 0.123 e. The Kier molecular flexibility index (Phi) is 3.59. The summed E-state index contributed by atoms with van der Waals surface area (Å²) in [6.07, 6.45) is 2.77. The van der Waals surface area contributed by atoms with Gasteiger partial charge in [-0.3, -0.25) is 0 Å². The summed E-state index contributed by atoms with van der Waals surface area (Å²) < 4.78 is 0. The Balaban J connectivity index is 2.24. The largest absolute Gasteiger partial charge is 0.328 e. The normalized spacial score (nSPS) is 12.7. The molecule has 1 aromatic heterocycles. The molecule has 0 spiro atoms. The summed E-state index contributed by atoms with van der Waals surface area (Å²) in [5, 5.41) is 1.74. The van der Waals surface area contributed by atoms with Crippen LogP contribution in [0.1, 0.15) is 11.8 Å². The number of nitrogens with two attached hydrogens (primary N) is 1. The van der Waals surface area contributed by atoms with Crippen molar-refractivity contribution >= 4 is 22.9 Å². The van der Waals surface area contributed by atoms with Gasteiger partial charge in [0.2, 0.25) is 0 Å². The zero-order chi connectivity index (χ0) is 11.5. The Morgan fingerprint density at radius 2 is 2.31 bits per heavy atom. The van der Waals surface area contributed by atoms with Gasteiger partial charge in [0.05, 0.1) is 0 Å². The minimum absolute atomic E-state index is 0.174. The van der Waals surface area contributed by atoms with Crippen molar-refractivity contribution in [3.8, 4) is 10.6 Å². The quantitative estimate of drug-likeness (QED) is 0.910. The average Bonchev–Trinajstić information content (AvgIpc) is 2.65. The lowest BCUT2D eigenvalue weighted by molar-refractivity contribution is 0.745. The third-order valence-corrected chi connectivity index (χ3v) is 3.45. The second-order valence-electron chi connectivity index (χ2n) is 3.82. The number of hydrogen-bond acceptors (Lipinski definition) is 3. The van der Waals surface area contributed by atoms with E-state index in [4.69, 9.17) is 17.3 Å². The van der Waals surface area contributed by atoms with Gasteiger partial charge in [-0.05, 0) is 25.5 Å². The molecule has 2 aromatic rings. The van der Waals surface area contributed by atoms with Crippen molar-refractivity contribution in [2.24, 2.45) is 5.73 Å². The molecule has 1 aromatic carbocycles. The first-order valence-electron chi connectivity index (χ1n) is 5.11. The van der Waals surface area contributed by atoms with Crippen molar-refractivity contribution in [2.45, 2.75) is 19.4 Å². The Morgan fingerprint density at radius 1 is 1.50 bits per heavy atom. The van der Waals surface area contributed by atoms with Gasteiger partial charge < -0.3 is 5.73 Å². The molecule has 0 radical (unpaired) electrons. The van der Waals surface area contributed by atoms with Gasteiger partial charge in [0.25, 0.3) is 0 Å². The molecule has 2 N–H and O–H groups in total. The lowest BCUT2D eigenvalue weighted by atomic mass is 10.2. The third-order valence-electron chi connectivity index (χ3n) is 2.15. The maximum absolute atomic E-state index is 5.94. The first-order valence-corrected chi connectivity index (χ1v) is 6.31. The SMILES string of the molecule is CC(N)Cc1cnc(-c2cccc(Cl)c2)s1. The van der Waals surface area contributed by atoms with Gasteiger partial charge in [0, 0.05) is 27.7 Å². The van der Waals surface area contributed by atoms with Crippen LogP contribution in [0, 0.1) is 0 Å². The molecule has 1 heterocycles. The summed E-state index contributed by atoms with van der Waals surface area (Å²) in [5.41, 5.74) is 6.82. The fourth-order valence-corrected chi connectivity index (χ4v) is 2.71. The summed E-state index contributed by atoms with van der Waals surface area (Å²) in [6, 6.07) is 7.91. The van der Waals surface area contributed by atoms with E-state index in [0.717, 1.165) is 22.0 Å². The van der Waals surface area contributed by atoms with Gasteiger partial charge in [-0.1, -0.05) is 23.7 Å². The maximum atomic E-state index is 5.94. The minimum atomic E-state index is 0.174. The zero-order valence-corrected chi connectivity index (χ0v) is 10.6. The number of halogens is 1. The summed E-state index contributed by atoms with van der Waals surface area (Å²) in [4.78, 5) is 5.60. The van der Waals surface area contributed by atoms with Crippen LogP contribution in [-0.2, 0) is 6.42 Å². The zero-order valence-electron chi connectivity index (χ0n) is 8.98. The summed E-state index contributed by atoms with van der Waals surface area (Å²) in [5.74, 6) is 0. The van der Waals surface area contributed by atoms with Crippen LogP contribution < -0.4 is 5.73 Å². The molecule has 1 atom stereocenters. The molecular formula is C12H13ClN2S. The highest BCUT2D eigenvalue weighted by atomic mass is 35.5. The van der Waals surface area contributed by atoms with E-state index in [9.17, 15) is 0 Å². The fourth-order valence-electron chi connectivity index (χ4n) is 1.47. The molecule has 0 aliphatic carbocycles. The van der Waals surface area contributed by atoms with E-state index in [1.165, 1.54) is 4.88 Å². The van der Waals surface area contributed by atoms with Crippen LogP contribution >= 0.6 is 22.9 Å². The summed E-state index contributed by atoms with van der Waals surface area (Å²) in [6.45, 7) is 2.00. The molecule has 1 unspecified atom stereocenters. The van der Waals surface area contributed by atoms with Gasteiger partial charge in [-0.15, -0.1) is 11.3 Å². The number of thiazole rings is 1. The van der Waals surface area contributed by atoms with Gasteiger partial charge >= 0.3 is 0 Å². The molecule has 16 heavy (non-hydrogen) atoms. The number of hydrogen-bond donors (Lipinski definition) is 1. The minimum Gasteiger partial charge on any atom is -0.328 e. The second-order valence-corrected chi connectivity index (χ2v) is 5.38. The predicted octanol–water partition coefficient (Wildman–Crippen LogP) is 3.35. The molecule has 0 bridgehead atoms. The van der Waals surface area contributed by atoms with Crippen LogP contribution in [-0.4, -0.2) is 11.0 Å². The highest BCUT2D eigenvalue weighted by Gasteiger charge is 2.06. The van der Waals surface area contributed by atoms with E-state index < -0.39 is 0 Å². The van der Waals surface area contributed by atoms with Crippen LogP contribution in [0.4, 0.5) is 0 Å². The molecule has 0 fully saturated rings. The summed E-state index contributed by atoms with van der Waals surface area (Å²) >= 11 is 7.62. The molecule has 0 saturated heterocycles. The van der Waals surface area contributed by atoms with E-state index in [-0.39, 0.29) is 6.04 Å². The molecule has 0 saturated carbocycles. The van der Waals surface area contributed by atoms with E-state index in [0.29, 0.717) is 0 Å². The smallest absolute Gasteiger partial charge is 0.123 e. The highest BCUT2D eigenvalue weighted by Crippen LogP contribution is 2.27. The fraction of sp³-hybridized carbons (Fsp3) is 0.250. The van der Waals surface area contributed by atoms with Crippen molar-refractivity contribution in [1.29, 1.82) is 0 Å². The second kappa shape index (κ2) is 4.95. The van der Waals surface area contributed by atoms with Crippen LogP contribution in [0.15, 0.2) is 30.5 Å². The van der Waals surface area contributed by atoms with Crippen LogP contribution in [0.5, 0.6) is 0 Å². The first-order chi connectivity index (χ1) is 7.65. The number of aromatic nitrogens is 1. The van der Waals surface area contributed by atoms with Gasteiger partial charge in [-0.2, -0.15) is 0 Å². The molecule has 2 rings (SSSR count). The van der Waals surface area contributed by atoms with Crippen molar-refractivity contribution in [3.63, 3.8) is 0 Å². The van der Waals surface area contributed by atoms with Crippen molar-refractivity contribution in [2.75, 3.05) is 0 Å². The van der Waals surface area contributed by atoms with Crippen molar-refractivity contribution in [3.05, 3.63) is 40.4 Å². The van der Waals surface area contributed by atoms with E-state index in [1.54, 1.807) is 11.3 Å². The number of benzene rings is 1.